The quantitative estimate of drug-likeness (QED) is 0.241. The Kier molecular flexibility index (Phi) is 13.0. The van der Waals surface area contributed by atoms with E-state index >= 15 is 0 Å². The molecule has 0 radical (unpaired) electrons. The molecule has 258 valence electrons. The second-order valence-electron chi connectivity index (χ2n) is 11.7. The number of halogens is 2. The first-order valence-corrected chi connectivity index (χ1v) is 16.0. The summed E-state index contributed by atoms with van der Waals surface area (Å²) in [6, 6.07) is 12.6. The van der Waals surface area contributed by atoms with Crippen LogP contribution >= 0.6 is 0 Å². The lowest BCUT2D eigenvalue weighted by Crippen LogP contribution is -2.54. The zero-order valence-electron chi connectivity index (χ0n) is 26.7. The minimum Gasteiger partial charge on any atom is -0.481 e. The Morgan fingerprint density at radius 2 is 1.67 bits per heavy atom. The maximum atomic E-state index is 14.2. The summed E-state index contributed by atoms with van der Waals surface area (Å²) in [5.41, 5.74) is 2.36. The van der Waals surface area contributed by atoms with Crippen molar-refractivity contribution in [3.05, 3.63) is 77.8 Å². The van der Waals surface area contributed by atoms with Gasteiger partial charge in [0.2, 0.25) is 0 Å². The summed E-state index contributed by atoms with van der Waals surface area (Å²) in [5, 5.41) is 22.1. The molecule has 0 bridgehead atoms. The van der Waals surface area contributed by atoms with Crippen LogP contribution in [0.4, 0.5) is 13.6 Å². The molecule has 14 heteroatoms. The number of hydrogen-bond acceptors (Lipinski definition) is 7. The van der Waals surface area contributed by atoms with Crippen LogP contribution < -0.4 is 10.6 Å². The van der Waals surface area contributed by atoms with Crippen molar-refractivity contribution in [3.63, 3.8) is 0 Å². The highest BCUT2D eigenvalue weighted by molar-refractivity contribution is 5.98. The van der Waals surface area contributed by atoms with E-state index in [2.05, 4.69) is 15.6 Å². The van der Waals surface area contributed by atoms with Crippen LogP contribution in [-0.2, 0) is 20.7 Å². The summed E-state index contributed by atoms with van der Waals surface area (Å²) in [7, 11) is 0. The van der Waals surface area contributed by atoms with Gasteiger partial charge in [-0.05, 0) is 43.9 Å². The molecule has 5 rings (SSSR count). The number of alkyl carbamates (subject to hydrolysis) is 1. The van der Waals surface area contributed by atoms with Crippen LogP contribution in [-0.4, -0.2) is 86.9 Å². The lowest BCUT2D eigenvalue weighted by atomic mass is 9.89. The standard InChI is InChI=1S/C30H35F2N5O3.C4H6O4/c1-2-40-30(39)35-25-10-6-7-11-26(25)37-19-34-27(28(37)21-8-4-3-5-9-21)29(38)36-13-12-33-18-24(36)16-20-14-22(31)17-23(32)15-20;5-3(6)1-2-4(7)8/h3-5,8-9,14-15,17,19,24-26,33H,2,6-7,10-13,16,18H2,1H3,(H,35,39);1-2H2,(H,5,6)(H,7,8)/t24-,25+,26+;/m1./s1. The van der Waals surface area contributed by atoms with Gasteiger partial charge in [-0.2, -0.15) is 0 Å². The van der Waals surface area contributed by atoms with E-state index in [1.54, 1.807) is 18.2 Å². The molecule has 3 atom stereocenters. The molecule has 2 fully saturated rings. The summed E-state index contributed by atoms with van der Waals surface area (Å²) in [4.78, 5) is 52.2. The van der Waals surface area contributed by atoms with Crippen LogP contribution in [0.3, 0.4) is 0 Å². The molecule has 2 aromatic carbocycles. The maximum absolute atomic E-state index is 14.2. The zero-order chi connectivity index (χ0) is 34.6. The molecule has 0 unspecified atom stereocenters. The number of ether oxygens (including phenoxy) is 1. The number of rotatable bonds is 10. The number of imidazole rings is 1. The number of aromatic nitrogens is 2. The fourth-order valence-corrected chi connectivity index (χ4v) is 6.15. The van der Waals surface area contributed by atoms with Crippen molar-refractivity contribution < 1.29 is 42.9 Å². The monoisotopic (exact) mass is 669 g/mol. The minimum absolute atomic E-state index is 0.100. The van der Waals surface area contributed by atoms with Gasteiger partial charge in [-0.15, -0.1) is 0 Å². The van der Waals surface area contributed by atoms with E-state index in [1.165, 1.54) is 12.1 Å². The van der Waals surface area contributed by atoms with Gasteiger partial charge in [-0.1, -0.05) is 43.2 Å². The highest BCUT2D eigenvalue weighted by Crippen LogP contribution is 2.35. The van der Waals surface area contributed by atoms with Crippen molar-refractivity contribution in [2.45, 2.75) is 70.0 Å². The van der Waals surface area contributed by atoms with Crippen molar-refractivity contribution in [1.29, 1.82) is 0 Å². The van der Waals surface area contributed by atoms with Gasteiger partial charge in [0.1, 0.15) is 11.6 Å². The smallest absolute Gasteiger partial charge is 0.407 e. The number of nitrogens with zero attached hydrogens (tertiary/aromatic N) is 3. The van der Waals surface area contributed by atoms with Crippen LogP contribution in [0.1, 0.15) is 67.5 Å². The van der Waals surface area contributed by atoms with Crippen LogP contribution in [0.15, 0.2) is 54.9 Å². The van der Waals surface area contributed by atoms with E-state index in [4.69, 9.17) is 14.9 Å². The van der Waals surface area contributed by atoms with Crippen LogP contribution in [0, 0.1) is 11.6 Å². The lowest BCUT2D eigenvalue weighted by Gasteiger charge is -2.36. The Labute approximate surface area is 277 Å². The second kappa shape index (κ2) is 17.3. The van der Waals surface area contributed by atoms with Crippen LogP contribution in [0.2, 0.25) is 0 Å². The molecular formula is C34H41F2N5O7. The molecular weight excluding hydrogens is 628 g/mol. The number of carbonyl (C=O) groups excluding carboxylic acids is 2. The van der Waals surface area contributed by atoms with Crippen molar-refractivity contribution in [2.75, 3.05) is 26.2 Å². The largest absolute Gasteiger partial charge is 0.481 e. The summed E-state index contributed by atoms with van der Waals surface area (Å²) >= 11 is 0. The third-order valence-electron chi connectivity index (χ3n) is 8.27. The summed E-state index contributed by atoms with van der Waals surface area (Å²) in [6.45, 7) is 3.61. The molecule has 2 heterocycles. The van der Waals surface area contributed by atoms with Gasteiger partial charge < -0.3 is 35.1 Å². The fraction of sp³-hybridized carbons (Fsp3) is 0.441. The summed E-state index contributed by atoms with van der Waals surface area (Å²) in [6.07, 6.45) is 4.56. The number of nitrogens with one attached hydrogen (secondary N) is 2. The highest BCUT2D eigenvalue weighted by Gasteiger charge is 2.35. The number of carbonyl (C=O) groups is 4. The first kappa shape index (κ1) is 36.0. The first-order chi connectivity index (χ1) is 23.1. The van der Waals surface area contributed by atoms with Gasteiger partial charge in [0, 0.05) is 37.3 Å². The Bertz CT molecular complexity index is 1530. The number of benzene rings is 2. The Balaban J connectivity index is 0.000000579. The molecule has 12 nitrogen and oxygen atoms in total. The minimum atomic E-state index is -1.08. The van der Waals surface area contributed by atoms with Gasteiger partial charge >= 0.3 is 18.0 Å². The average Bonchev–Trinajstić information content (AvgIpc) is 3.49. The van der Waals surface area contributed by atoms with E-state index in [-0.39, 0.29) is 43.5 Å². The SMILES string of the molecule is CCOC(=O)N[C@H]1CCCC[C@@H]1n1cnc(C(=O)N2CCNC[C@H]2Cc2cc(F)cc(F)c2)c1-c1ccccc1.O=C(O)CCC(=O)O. The third kappa shape index (κ3) is 9.83. The number of amides is 2. The molecule has 2 amide bonds. The van der Waals surface area contributed by atoms with E-state index in [0.29, 0.717) is 43.0 Å². The number of aliphatic carboxylic acids is 2. The molecule has 2 aliphatic rings. The number of hydrogen-bond donors (Lipinski definition) is 4. The van der Waals surface area contributed by atoms with Crippen molar-refractivity contribution in [2.24, 2.45) is 0 Å². The highest BCUT2D eigenvalue weighted by atomic mass is 19.1. The zero-order valence-corrected chi connectivity index (χ0v) is 26.7. The fourth-order valence-electron chi connectivity index (χ4n) is 6.15. The van der Waals surface area contributed by atoms with E-state index in [1.807, 2.05) is 34.9 Å². The molecule has 48 heavy (non-hydrogen) atoms. The Hall–Kier alpha value is -4.85. The molecule has 1 aromatic heterocycles. The summed E-state index contributed by atoms with van der Waals surface area (Å²) in [5.74, 6) is -3.66. The van der Waals surface area contributed by atoms with E-state index in [9.17, 15) is 28.0 Å². The molecule has 4 N–H and O–H groups in total. The number of carboxylic acid groups (broad SMARTS) is 2. The van der Waals surface area contributed by atoms with Gasteiger partial charge in [-0.3, -0.25) is 14.4 Å². The Morgan fingerprint density at radius 3 is 2.31 bits per heavy atom. The Morgan fingerprint density at radius 1 is 1.00 bits per heavy atom. The molecule has 1 saturated carbocycles. The third-order valence-corrected chi connectivity index (χ3v) is 8.27. The number of piperazine rings is 1. The second-order valence-corrected chi connectivity index (χ2v) is 11.7. The predicted molar refractivity (Wildman–Crippen MR) is 171 cm³/mol. The van der Waals surface area contributed by atoms with Crippen LogP contribution in [0.5, 0.6) is 0 Å². The van der Waals surface area contributed by atoms with Gasteiger partial charge in [-0.25, -0.2) is 18.6 Å². The van der Waals surface area contributed by atoms with E-state index < -0.39 is 29.7 Å². The number of carboxylic acids is 2. The molecule has 1 aliphatic heterocycles. The molecule has 3 aromatic rings. The first-order valence-electron chi connectivity index (χ1n) is 16.0. The van der Waals surface area contributed by atoms with Crippen molar-refractivity contribution in [1.82, 2.24) is 25.1 Å². The van der Waals surface area contributed by atoms with Crippen molar-refractivity contribution in [3.8, 4) is 11.3 Å². The molecule has 0 spiro atoms. The van der Waals surface area contributed by atoms with Crippen molar-refractivity contribution >= 4 is 23.9 Å². The van der Waals surface area contributed by atoms with E-state index in [0.717, 1.165) is 37.3 Å². The van der Waals surface area contributed by atoms with Gasteiger partial charge in [0.05, 0.1) is 43.6 Å². The topological polar surface area (TPSA) is 163 Å². The molecule has 1 saturated heterocycles. The lowest BCUT2D eigenvalue weighted by molar-refractivity contribution is -0.143. The predicted octanol–water partition coefficient (Wildman–Crippen LogP) is 4.65. The van der Waals surface area contributed by atoms with Gasteiger partial charge in [0.15, 0.2) is 5.69 Å². The average molecular weight is 670 g/mol. The van der Waals surface area contributed by atoms with Gasteiger partial charge in [0.25, 0.3) is 5.91 Å². The van der Waals surface area contributed by atoms with Crippen LogP contribution in [0.25, 0.3) is 11.3 Å². The maximum Gasteiger partial charge on any atom is 0.407 e. The normalized spacial score (nSPS) is 19.1. The summed E-state index contributed by atoms with van der Waals surface area (Å²) < 4.78 is 35.0. The molecule has 1 aliphatic carbocycles.